The van der Waals surface area contributed by atoms with Crippen LogP contribution in [0.25, 0.3) is 0 Å². The smallest absolute Gasteiger partial charge is 0.425 e. The lowest BCUT2D eigenvalue weighted by molar-refractivity contribution is -0.0178. The highest BCUT2D eigenvalue weighted by atomic mass is 31.2. The van der Waals surface area contributed by atoms with Gasteiger partial charge in [-0.3, -0.25) is 0 Å². The van der Waals surface area contributed by atoms with Crippen LogP contribution in [0.4, 0.5) is 4.53 Å². The molecule has 0 heterocycles. The Balaban J connectivity index is 2.82. The maximum absolute atomic E-state index is 11.9. The Morgan fingerprint density at radius 1 is 1.16 bits per heavy atom. The first-order valence-corrected chi connectivity index (χ1v) is 7.91. The maximum atomic E-state index is 11.9. The lowest BCUT2D eigenvalue weighted by Crippen LogP contribution is -1.96. The molecular formula is C14H22FO3P. The number of halogens is 1. The average Bonchev–Trinajstić information content (AvgIpc) is 2.44. The third-order valence-corrected chi connectivity index (χ3v) is 3.45. The van der Waals surface area contributed by atoms with E-state index in [9.17, 15) is 4.53 Å². The topological polar surface area (TPSA) is 38.7 Å². The minimum absolute atomic E-state index is 0.514. The van der Waals surface area contributed by atoms with E-state index >= 15 is 0 Å². The van der Waals surface area contributed by atoms with Crippen LogP contribution in [-0.4, -0.2) is 4.89 Å². The van der Waals surface area contributed by atoms with Crippen molar-refractivity contribution in [1.29, 1.82) is 0 Å². The van der Waals surface area contributed by atoms with Crippen LogP contribution in [0.1, 0.15) is 50.7 Å². The van der Waals surface area contributed by atoms with E-state index < -0.39 is 8.60 Å². The molecule has 1 aromatic carbocycles. The molecule has 0 amide bonds. The Morgan fingerprint density at radius 3 is 2.47 bits per heavy atom. The van der Waals surface area contributed by atoms with Crippen molar-refractivity contribution in [3.8, 4) is 5.75 Å². The number of aryl methyl sites for hydroxylation is 2. The van der Waals surface area contributed by atoms with Crippen molar-refractivity contribution in [2.45, 2.75) is 52.4 Å². The van der Waals surface area contributed by atoms with Crippen molar-refractivity contribution in [1.82, 2.24) is 0 Å². The summed E-state index contributed by atoms with van der Waals surface area (Å²) in [5.41, 5.74) is 2.26. The summed E-state index contributed by atoms with van der Waals surface area (Å²) in [6.45, 7) is 4.28. The van der Waals surface area contributed by atoms with Gasteiger partial charge in [-0.15, -0.1) is 0 Å². The molecule has 0 spiro atoms. The minimum Gasteiger partial charge on any atom is -0.425 e. The first-order valence-electron chi connectivity index (χ1n) is 6.78. The van der Waals surface area contributed by atoms with Gasteiger partial charge in [0.1, 0.15) is 5.75 Å². The molecule has 0 bridgehead atoms. The van der Waals surface area contributed by atoms with Gasteiger partial charge in [-0.25, -0.2) is 0 Å². The van der Waals surface area contributed by atoms with Crippen LogP contribution >= 0.6 is 8.60 Å². The Labute approximate surface area is 115 Å². The van der Waals surface area contributed by atoms with Crippen LogP contribution in [0.2, 0.25) is 0 Å². The highest BCUT2D eigenvalue weighted by Gasteiger charge is 2.13. The molecule has 0 fully saturated rings. The molecular weight excluding hydrogens is 266 g/mol. The van der Waals surface area contributed by atoms with Crippen molar-refractivity contribution in [2.24, 2.45) is 0 Å². The summed E-state index contributed by atoms with van der Waals surface area (Å²) < 4.78 is 20.2. The van der Waals surface area contributed by atoms with Gasteiger partial charge in [0, 0.05) is 0 Å². The van der Waals surface area contributed by atoms with Crippen LogP contribution < -0.4 is 4.52 Å². The Kier molecular flexibility index (Phi) is 7.96. The van der Waals surface area contributed by atoms with Gasteiger partial charge in [-0.05, 0) is 47.4 Å². The lowest BCUT2D eigenvalue weighted by Gasteiger charge is -2.13. The van der Waals surface area contributed by atoms with Gasteiger partial charge < -0.3 is 9.42 Å². The second-order valence-corrected chi connectivity index (χ2v) is 5.34. The Bertz CT molecular complexity index is 374. The largest absolute Gasteiger partial charge is 0.428 e. The highest BCUT2D eigenvalue weighted by Crippen LogP contribution is 2.37. The van der Waals surface area contributed by atoms with Crippen molar-refractivity contribution in [3.05, 3.63) is 29.3 Å². The van der Waals surface area contributed by atoms with Crippen molar-refractivity contribution in [3.63, 3.8) is 0 Å². The minimum atomic E-state index is -2.47. The first-order chi connectivity index (χ1) is 9.21. The van der Waals surface area contributed by atoms with E-state index in [1.807, 2.05) is 6.07 Å². The normalized spacial score (nSPS) is 12.4. The summed E-state index contributed by atoms with van der Waals surface area (Å²) in [4.78, 5) is 9.12. The van der Waals surface area contributed by atoms with E-state index in [0.717, 1.165) is 44.1 Å². The van der Waals surface area contributed by atoms with E-state index in [4.69, 9.17) is 9.42 Å². The van der Waals surface area contributed by atoms with Gasteiger partial charge in [0.2, 0.25) is 0 Å². The third-order valence-electron chi connectivity index (χ3n) is 2.98. The van der Waals surface area contributed by atoms with Gasteiger partial charge in [0.05, 0.1) is 0 Å². The molecule has 0 aliphatic carbocycles. The second-order valence-electron chi connectivity index (χ2n) is 4.55. The van der Waals surface area contributed by atoms with Gasteiger partial charge in [0.15, 0.2) is 0 Å². The van der Waals surface area contributed by atoms with Crippen LogP contribution in [0, 0.1) is 0 Å². The van der Waals surface area contributed by atoms with Crippen molar-refractivity contribution >= 4 is 8.60 Å². The number of unbranched alkanes of at least 4 members (excludes halogenated alkanes) is 2. The van der Waals surface area contributed by atoms with E-state index in [1.165, 1.54) is 5.56 Å². The maximum Gasteiger partial charge on any atom is 0.428 e. The molecule has 5 heteroatoms. The number of hydrogen-bond acceptors (Lipinski definition) is 3. The summed E-state index contributed by atoms with van der Waals surface area (Å²) in [5, 5.41) is 0. The highest BCUT2D eigenvalue weighted by molar-refractivity contribution is 7.40. The number of benzene rings is 1. The lowest BCUT2D eigenvalue weighted by atomic mass is 10.0. The van der Waals surface area contributed by atoms with Crippen LogP contribution in [0.15, 0.2) is 18.2 Å². The quantitative estimate of drug-likeness (QED) is 0.659. The zero-order valence-electron chi connectivity index (χ0n) is 11.6. The zero-order valence-corrected chi connectivity index (χ0v) is 12.5. The average molecular weight is 288 g/mol. The van der Waals surface area contributed by atoms with Crippen molar-refractivity contribution < 1.29 is 18.7 Å². The van der Waals surface area contributed by atoms with Crippen molar-refractivity contribution in [2.75, 3.05) is 0 Å². The van der Waals surface area contributed by atoms with E-state index in [1.54, 1.807) is 6.07 Å². The van der Waals surface area contributed by atoms with Crippen LogP contribution in [0.3, 0.4) is 0 Å². The summed E-state index contributed by atoms with van der Waals surface area (Å²) >= 11 is 0. The summed E-state index contributed by atoms with van der Waals surface area (Å²) in [6.07, 6.45) is 6.30. The molecule has 1 N–H and O–H groups in total. The van der Waals surface area contributed by atoms with Crippen LogP contribution in [0.5, 0.6) is 5.75 Å². The predicted octanol–water partition coefficient (Wildman–Crippen LogP) is 4.87. The fourth-order valence-corrected chi connectivity index (χ4v) is 2.29. The molecule has 19 heavy (non-hydrogen) atoms. The molecule has 0 aromatic heterocycles. The second kappa shape index (κ2) is 9.24. The van der Waals surface area contributed by atoms with Gasteiger partial charge in [-0.1, -0.05) is 43.6 Å². The zero-order chi connectivity index (χ0) is 14.1. The predicted molar refractivity (Wildman–Crippen MR) is 75.6 cm³/mol. The monoisotopic (exact) mass is 288 g/mol. The summed E-state index contributed by atoms with van der Waals surface area (Å²) in [5.74, 6) is 0.514. The van der Waals surface area contributed by atoms with Crippen LogP contribution in [-0.2, 0) is 17.6 Å². The van der Waals surface area contributed by atoms with Gasteiger partial charge in [0.25, 0.3) is 0 Å². The molecule has 0 aliphatic rings. The number of rotatable bonds is 9. The molecule has 0 saturated carbocycles. The first kappa shape index (κ1) is 16.4. The fraction of sp³-hybridized carbons (Fsp3) is 0.571. The van der Waals surface area contributed by atoms with E-state index in [2.05, 4.69) is 24.6 Å². The molecule has 0 aliphatic heterocycles. The third kappa shape index (κ3) is 5.85. The molecule has 0 saturated heterocycles. The standard InChI is InChI=1S/C14H22FO3P/c1-3-5-7-12-9-10-14(17-19(16)18-15)13(11-12)8-6-4-2/h9-11,16H,3-8H2,1-2H3. The molecule has 3 nitrogen and oxygen atoms in total. The summed E-state index contributed by atoms with van der Waals surface area (Å²) in [7, 11) is -2.47. The SMILES string of the molecule is CCCCc1ccc(OP(O)OF)c(CCCC)c1. The molecule has 1 rings (SSSR count). The van der Waals surface area contributed by atoms with E-state index in [0.29, 0.717) is 5.75 Å². The Morgan fingerprint density at radius 2 is 1.84 bits per heavy atom. The molecule has 0 radical (unpaired) electrons. The molecule has 1 aromatic rings. The fourth-order valence-electron chi connectivity index (χ4n) is 1.92. The molecule has 1 atom stereocenters. The summed E-state index contributed by atoms with van der Waals surface area (Å²) in [6, 6.07) is 5.84. The van der Waals surface area contributed by atoms with Gasteiger partial charge in [-0.2, -0.15) is 0 Å². The van der Waals surface area contributed by atoms with Gasteiger partial charge >= 0.3 is 8.60 Å². The Hall–Kier alpha value is -0.700. The molecule has 1 unspecified atom stereocenters. The van der Waals surface area contributed by atoms with E-state index in [-0.39, 0.29) is 0 Å². The number of hydrogen-bond donors (Lipinski definition) is 1. The molecule has 108 valence electrons.